The summed E-state index contributed by atoms with van der Waals surface area (Å²) in [6.45, 7) is 7.93. The third kappa shape index (κ3) is 3.48. The topological polar surface area (TPSA) is 43.1 Å². The number of nitrogens with two attached hydrogens (primary N) is 1. The molecule has 12 heavy (non-hydrogen) atoms. The van der Waals surface area contributed by atoms with Gasteiger partial charge in [-0.1, -0.05) is 27.7 Å². The lowest BCUT2D eigenvalue weighted by Gasteiger charge is -2.31. The summed E-state index contributed by atoms with van der Waals surface area (Å²) in [5.41, 5.74) is 4.91. The number of thiol groups is 1. The molecule has 0 aromatic rings. The second-order valence-corrected chi connectivity index (χ2v) is 5.06. The summed E-state index contributed by atoms with van der Waals surface area (Å²) in [5, 5.41) is 0. The van der Waals surface area contributed by atoms with Crippen molar-refractivity contribution < 1.29 is 4.79 Å². The summed E-state index contributed by atoms with van der Waals surface area (Å²) in [5.74, 6) is 0.529. The molecule has 0 atom stereocenters. The highest BCUT2D eigenvalue weighted by atomic mass is 32.1. The van der Waals surface area contributed by atoms with Crippen molar-refractivity contribution >= 4 is 18.5 Å². The normalized spacial score (nSPS) is 13.1. The van der Waals surface area contributed by atoms with Crippen molar-refractivity contribution in [1.82, 2.24) is 0 Å². The molecule has 0 spiro atoms. The summed E-state index contributed by atoms with van der Waals surface area (Å²) in [6.07, 6.45) is 0.777. The van der Waals surface area contributed by atoms with Gasteiger partial charge >= 0.3 is 0 Å². The Morgan fingerprint density at radius 2 is 1.75 bits per heavy atom. The van der Waals surface area contributed by atoms with Crippen molar-refractivity contribution in [3.8, 4) is 0 Å². The van der Waals surface area contributed by atoms with Crippen LogP contribution in [-0.2, 0) is 4.79 Å². The zero-order chi connectivity index (χ0) is 9.99. The van der Waals surface area contributed by atoms with Crippen molar-refractivity contribution in [3.63, 3.8) is 0 Å². The molecule has 0 bridgehead atoms. The fourth-order valence-corrected chi connectivity index (χ4v) is 1.45. The Labute approximate surface area is 80.3 Å². The Bertz CT molecular complexity index is 175. The van der Waals surface area contributed by atoms with Crippen LogP contribution in [0, 0.1) is 10.8 Å². The number of carbonyl (C=O) groups is 1. The van der Waals surface area contributed by atoms with Gasteiger partial charge in [-0.05, 0) is 17.6 Å². The van der Waals surface area contributed by atoms with Crippen molar-refractivity contribution in [1.29, 1.82) is 0 Å². The molecule has 0 unspecified atom stereocenters. The van der Waals surface area contributed by atoms with Crippen molar-refractivity contribution in [3.05, 3.63) is 0 Å². The molecule has 0 rings (SSSR count). The van der Waals surface area contributed by atoms with E-state index in [2.05, 4.69) is 26.5 Å². The van der Waals surface area contributed by atoms with Gasteiger partial charge in [0.1, 0.15) is 0 Å². The summed E-state index contributed by atoms with van der Waals surface area (Å²) >= 11 is 4.23. The molecule has 72 valence electrons. The molecule has 0 aromatic heterocycles. The van der Waals surface area contributed by atoms with E-state index in [0.717, 1.165) is 12.2 Å². The number of carbonyl (C=O) groups excluding carboxylic acids is 1. The van der Waals surface area contributed by atoms with Crippen LogP contribution in [0.4, 0.5) is 0 Å². The van der Waals surface area contributed by atoms with E-state index in [1.165, 1.54) is 0 Å². The lowest BCUT2D eigenvalue weighted by atomic mass is 9.76. The van der Waals surface area contributed by atoms with E-state index in [9.17, 15) is 4.79 Å². The molecule has 0 radical (unpaired) electrons. The zero-order valence-corrected chi connectivity index (χ0v) is 9.24. The molecule has 0 saturated carbocycles. The van der Waals surface area contributed by atoms with Crippen LogP contribution >= 0.6 is 12.6 Å². The minimum absolute atomic E-state index is 0.0711. The van der Waals surface area contributed by atoms with Crippen LogP contribution in [0.1, 0.15) is 34.1 Å². The molecule has 0 heterocycles. The largest absolute Gasteiger partial charge is 0.369 e. The maximum absolute atomic E-state index is 11.0. The maximum atomic E-state index is 11.0. The fraction of sp³-hybridized carbons (Fsp3) is 0.889. The zero-order valence-electron chi connectivity index (χ0n) is 8.35. The average molecular weight is 189 g/mol. The van der Waals surface area contributed by atoms with Crippen molar-refractivity contribution in [2.24, 2.45) is 16.6 Å². The second-order valence-electron chi connectivity index (χ2n) is 4.75. The van der Waals surface area contributed by atoms with Gasteiger partial charge in [0.25, 0.3) is 0 Å². The van der Waals surface area contributed by atoms with Crippen LogP contribution in [0.25, 0.3) is 0 Å². The Kier molecular flexibility index (Phi) is 3.63. The number of rotatable bonds is 4. The molecule has 1 amide bonds. The average Bonchev–Trinajstić information content (AvgIpc) is 1.85. The van der Waals surface area contributed by atoms with E-state index in [1.807, 2.05) is 13.8 Å². The SMILES string of the molecule is CC(C)(CS)CC(C)(C)C(N)=O. The van der Waals surface area contributed by atoms with Gasteiger partial charge in [0.2, 0.25) is 5.91 Å². The quantitative estimate of drug-likeness (QED) is 0.651. The smallest absolute Gasteiger partial charge is 0.223 e. The van der Waals surface area contributed by atoms with E-state index in [1.54, 1.807) is 0 Å². The van der Waals surface area contributed by atoms with Gasteiger partial charge in [0, 0.05) is 5.41 Å². The first-order valence-corrected chi connectivity index (χ1v) is 4.75. The van der Waals surface area contributed by atoms with Gasteiger partial charge in [-0.2, -0.15) is 12.6 Å². The first-order valence-electron chi connectivity index (χ1n) is 4.12. The molecule has 0 fully saturated rings. The van der Waals surface area contributed by atoms with Crippen molar-refractivity contribution in [2.45, 2.75) is 34.1 Å². The summed E-state index contributed by atoms with van der Waals surface area (Å²) in [6, 6.07) is 0. The number of primary amides is 1. The van der Waals surface area contributed by atoms with E-state index in [0.29, 0.717) is 0 Å². The lowest BCUT2D eigenvalue weighted by Crippen LogP contribution is -2.36. The minimum atomic E-state index is -0.424. The molecule has 0 aliphatic carbocycles. The van der Waals surface area contributed by atoms with Gasteiger partial charge in [0.15, 0.2) is 0 Å². The van der Waals surface area contributed by atoms with Gasteiger partial charge < -0.3 is 5.73 Å². The third-order valence-electron chi connectivity index (χ3n) is 2.02. The highest BCUT2D eigenvalue weighted by Crippen LogP contribution is 2.33. The summed E-state index contributed by atoms with van der Waals surface area (Å²) in [7, 11) is 0. The molecule has 0 aliphatic rings. The monoisotopic (exact) mass is 189 g/mol. The first-order chi connectivity index (χ1) is 5.21. The van der Waals surface area contributed by atoms with Gasteiger partial charge in [-0.3, -0.25) is 4.79 Å². The second kappa shape index (κ2) is 3.69. The van der Waals surface area contributed by atoms with E-state index < -0.39 is 5.41 Å². The summed E-state index contributed by atoms with van der Waals surface area (Å²) in [4.78, 5) is 11.0. The van der Waals surface area contributed by atoms with E-state index in [4.69, 9.17) is 5.73 Å². The highest BCUT2D eigenvalue weighted by molar-refractivity contribution is 7.80. The molecule has 0 aromatic carbocycles. The van der Waals surface area contributed by atoms with Crippen LogP contribution in [0.5, 0.6) is 0 Å². The fourth-order valence-electron chi connectivity index (χ4n) is 1.34. The molecule has 2 N–H and O–H groups in total. The van der Waals surface area contributed by atoms with Crippen LogP contribution in [0.15, 0.2) is 0 Å². The number of hydrogen-bond donors (Lipinski definition) is 2. The predicted octanol–water partition coefficient (Wildman–Crippen LogP) is 1.84. The van der Waals surface area contributed by atoms with Crippen LogP contribution in [-0.4, -0.2) is 11.7 Å². The Hall–Kier alpha value is -0.180. The Morgan fingerprint density at radius 3 is 2.00 bits per heavy atom. The molecular formula is C9H19NOS. The van der Waals surface area contributed by atoms with Gasteiger partial charge in [0.05, 0.1) is 0 Å². The first kappa shape index (κ1) is 11.8. The molecular weight excluding hydrogens is 170 g/mol. The maximum Gasteiger partial charge on any atom is 0.223 e. The van der Waals surface area contributed by atoms with Crippen LogP contribution < -0.4 is 5.73 Å². The lowest BCUT2D eigenvalue weighted by molar-refractivity contribution is -0.127. The Morgan fingerprint density at radius 1 is 1.33 bits per heavy atom. The van der Waals surface area contributed by atoms with E-state index in [-0.39, 0.29) is 11.3 Å². The molecule has 3 heteroatoms. The van der Waals surface area contributed by atoms with Gasteiger partial charge in [-0.25, -0.2) is 0 Å². The third-order valence-corrected chi connectivity index (χ3v) is 2.87. The van der Waals surface area contributed by atoms with E-state index >= 15 is 0 Å². The van der Waals surface area contributed by atoms with Gasteiger partial charge in [-0.15, -0.1) is 0 Å². The van der Waals surface area contributed by atoms with Crippen molar-refractivity contribution in [2.75, 3.05) is 5.75 Å². The molecule has 2 nitrogen and oxygen atoms in total. The molecule has 0 saturated heterocycles. The summed E-state index contributed by atoms with van der Waals surface area (Å²) < 4.78 is 0. The van der Waals surface area contributed by atoms with Crippen LogP contribution in [0.2, 0.25) is 0 Å². The standard InChI is InChI=1S/C9H19NOS/c1-8(2,6-12)5-9(3,4)7(10)11/h12H,5-6H2,1-4H3,(H2,10,11). The Balaban J connectivity index is 4.34. The predicted molar refractivity (Wildman–Crippen MR) is 55.2 cm³/mol. The van der Waals surface area contributed by atoms with Crippen LogP contribution in [0.3, 0.4) is 0 Å². The molecule has 0 aliphatic heterocycles. The minimum Gasteiger partial charge on any atom is -0.369 e. The number of amides is 1. The number of hydrogen-bond acceptors (Lipinski definition) is 2. The highest BCUT2D eigenvalue weighted by Gasteiger charge is 2.32.